The largest absolute Gasteiger partial charge is 0.0654 e. The van der Waals surface area contributed by atoms with Gasteiger partial charge in [0.25, 0.3) is 0 Å². The lowest BCUT2D eigenvalue weighted by molar-refractivity contribution is 0.461. The molecule has 0 bridgehead atoms. The zero-order chi connectivity index (χ0) is 8.27. The van der Waals surface area contributed by atoms with E-state index in [1.807, 2.05) is 0 Å². The molecule has 0 aromatic heterocycles. The van der Waals surface area contributed by atoms with Gasteiger partial charge in [-0.1, -0.05) is 46.0 Å². The minimum Gasteiger partial charge on any atom is -0.0654 e. The Kier molecular flexibility index (Phi) is 3.63. The van der Waals surface area contributed by atoms with E-state index in [1.54, 1.807) is 0 Å². The standard InChI is InChI=1S/C10H19Si/c1-3-4-5-9-7-6-8(2)10(9)11/h8-10H,3-7H2,1-2H3. The molecule has 0 nitrogen and oxygen atoms in total. The summed E-state index contributed by atoms with van der Waals surface area (Å²) in [5.74, 6) is 1.88. The van der Waals surface area contributed by atoms with Crippen molar-refractivity contribution in [2.75, 3.05) is 0 Å². The molecule has 1 fully saturated rings. The summed E-state index contributed by atoms with van der Waals surface area (Å²) in [5, 5.41) is 0. The highest BCUT2D eigenvalue weighted by Crippen LogP contribution is 2.41. The Bertz CT molecular complexity index is 111. The van der Waals surface area contributed by atoms with E-state index in [0.717, 1.165) is 17.4 Å². The van der Waals surface area contributed by atoms with Gasteiger partial charge in [-0.25, -0.2) is 0 Å². The average molecular weight is 167 g/mol. The van der Waals surface area contributed by atoms with Crippen LogP contribution in [-0.4, -0.2) is 10.2 Å². The number of hydrogen-bond donors (Lipinski definition) is 0. The maximum Gasteiger partial charge on any atom is 0.0273 e. The first-order valence-corrected chi connectivity index (χ1v) is 5.54. The molecule has 0 saturated heterocycles. The summed E-state index contributed by atoms with van der Waals surface area (Å²) in [6.07, 6.45) is 7.09. The van der Waals surface area contributed by atoms with Gasteiger partial charge < -0.3 is 0 Å². The quantitative estimate of drug-likeness (QED) is 0.566. The number of unbranched alkanes of at least 4 members (excludes halogenated alkanes) is 1. The molecule has 63 valence electrons. The Hall–Kier alpha value is 0.217. The lowest BCUT2D eigenvalue weighted by Gasteiger charge is -2.17. The van der Waals surface area contributed by atoms with Gasteiger partial charge in [0, 0.05) is 10.2 Å². The first-order valence-electron chi connectivity index (χ1n) is 4.96. The van der Waals surface area contributed by atoms with Crippen LogP contribution >= 0.6 is 0 Å². The summed E-state index contributed by atoms with van der Waals surface area (Å²) in [6, 6.07) is 0. The lowest BCUT2D eigenvalue weighted by atomic mass is 9.99. The Morgan fingerprint density at radius 3 is 2.55 bits per heavy atom. The molecular formula is C10H19Si. The zero-order valence-corrected chi connectivity index (χ0v) is 8.77. The molecule has 0 aromatic carbocycles. The van der Waals surface area contributed by atoms with Crippen LogP contribution in [0.2, 0.25) is 5.54 Å². The van der Waals surface area contributed by atoms with Crippen LogP contribution in [0.5, 0.6) is 0 Å². The van der Waals surface area contributed by atoms with Crippen LogP contribution in [0, 0.1) is 11.8 Å². The summed E-state index contributed by atoms with van der Waals surface area (Å²) in [5.41, 5.74) is 0.807. The van der Waals surface area contributed by atoms with Gasteiger partial charge in [-0.2, -0.15) is 0 Å². The van der Waals surface area contributed by atoms with Crippen molar-refractivity contribution in [2.45, 2.75) is 51.5 Å². The Morgan fingerprint density at radius 2 is 2.09 bits per heavy atom. The SMILES string of the molecule is CCCCC1CCC(C)C1[Si]. The molecule has 0 amide bonds. The van der Waals surface area contributed by atoms with Crippen molar-refractivity contribution in [3.8, 4) is 0 Å². The van der Waals surface area contributed by atoms with E-state index in [4.69, 9.17) is 0 Å². The third-order valence-corrected chi connectivity index (χ3v) is 4.08. The van der Waals surface area contributed by atoms with Crippen LogP contribution in [-0.2, 0) is 0 Å². The topological polar surface area (TPSA) is 0 Å². The highest BCUT2D eigenvalue weighted by Gasteiger charge is 2.28. The molecule has 3 atom stereocenters. The molecule has 0 N–H and O–H groups in total. The van der Waals surface area contributed by atoms with Gasteiger partial charge in [-0.05, 0) is 17.4 Å². The molecule has 1 aliphatic carbocycles. The second kappa shape index (κ2) is 4.29. The monoisotopic (exact) mass is 167 g/mol. The van der Waals surface area contributed by atoms with E-state index in [2.05, 4.69) is 24.1 Å². The van der Waals surface area contributed by atoms with Crippen LogP contribution < -0.4 is 0 Å². The fraction of sp³-hybridized carbons (Fsp3) is 1.00. The highest BCUT2D eigenvalue weighted by atomic mass is 28.1. The van der Waals surface area contributed by atoms with E-state index in [9.17, 15) is 0 Å². The second-order valence-electron chi connectivity index (χ2n) is 3.98. The minimum atomic E-state index is 0.807. The van der Waals surface area contributed by atoms with Crippen LogP contribution in [0.25, 0.3) is 0 Å². The molecule has 0 aromatic rings. The molecule has 1 rings (SSSR count). The molecule has 1 aliphatic rings. The van der Waals surface area contributed by atoms with Crippen LogP contribution in [0.3, 0.4) is 0 Å². The summed E-state index contributed by atoms with van der Waals surface area (Å²) < 4.78 is 0. The maximum absolute atomic E-state index is 3.85. The number of rotatable bonds is 3. The fourth-order valence-corrected chi connectivity index (χ4v) is 2.59. The predicted octanol–water partition coefficient (Wildman–Crippen LogP) is 3.18. The fourth-order valence-electron chi connectivity index (χ4n) is 2.09. The van der Waals surface area contributed by atoms with Gasteiger partial charge in [-0.15, -0.1) is 0 Å². The summed E-state index contributed by atoms with van der Waals surface area (Å²) in [6.45, 7) is 4.64. The first-order chi connectivity index (χ1) is 5.25. The van der Waals surface area contributed by atoms with Gasteiger partial charge in [-0.3, -0.25) is 0 Å². The van der Waals surface area contributed by atoms with E-state index in [-0.39, 0.29) is 0 Å². The van der Waals surface area contributed by atoms with Crippen LogP contribution in [0.15, 0.2) is 0 Å². The van der Waals surface area contributed by atoms with Gasteiger partial charge in [0.1, 0.15) is 0 Å². The van der Waals surface area contributed by atoms with E-state index in [1.165, 1.54) is 32.1 Å². The Labute approximate surface area is 74.2 Å². The summed E-state index contributed by atoms with van der Waals surface area (Å²) in [7, 11) is 3.85. The lowest BCUT2D eigenvalue weighted by Crippen LogP contribution is -2.06. The summed E-state index contributed by atoms with van der Waals surface area (Å²) >= 11 is 0. The van der Waals surface area contributed by atoms with Crippen molar-refractivity contribution in [3.63, 3.8) is 0 Å². The Balaban J connectivity index is 2.24. The first kappa shape index (κ1) is 9.31. The van der Waals surface area contributed by atoms with Crippen molar-refractivity contribution in [3.05, 3.63) is 0 Å². The molecule has 0 aliphatic heterocycles. The van der Waals surface area contributed by atoms with E-state index in [0.29, 0.717) is 0 Å². The predicted molar refractivity (Wildman–Crippen MR) is 50.9 cm³/mol. The second-order valence-corrected chi connectivity index (χ2v) is 4.65. The van der Waals surface area contributed by atoms with Crippen LogP contribution in [0.4, 0.5) is 0 Å². The molecule has 11 heavy (non-hydrogen) atoms. The molecule has 0 spiro atoms. The van der Waals surface area contributed by atoms with E-state index >= 15 is 0 Å². The van der Waals surface area contributed by atoms with Crippen molar-refractivity contribution in [1.82, 2.24) is 0 Å². The third kappa shape index (κ3) is 2.33. The Morgan fingerprint density at radius 1 is 1.36 bits per heavy atom. The van der Waals surface area contributed by atoms with E-state index < -0.39 is 0 Å². The molecule has 3 radical (unpaired) electrons. The third-order valence-electron chi connectivity index (χ3n) is 3.04. The van der Waals surface area contributed by atoms with Gasteiger partial charge in [0.05, 0.1) is 0 Å². The highest BCUT2D eigenvalue weighted by molar-refractivity contribution is 6.12. The normalized spacial score (nSPS) is 37.9. The van der Waals surface area contributed by atoms with Crippen molar-refractivity contribution in [2.24, 2.45) is 11.8 Å². The van der Waals surface area contributed by atoms with Crippen molar-refractivity contribution >= 4 is 10.2 Å². The summed E-state index contributed by atoms with van der Waals surface area (Å²) in [4.78, 5) is 0. The number of hydrogen-bond acceptors (Lipinski definition) is 0. The van der Waals surface area contributed by atoms with Gasteiger partial charge in [0.2, 0.25) is 0 Å². The maximum atomic E-state index is 3.85. The minimum absolute atomic E-state index is 0.807. The molecular weight excluding hydrogens is 148 g/mol. The molecule has 3 unspecified atom stereocenters. The average Bonchev–Trinajstić information content (AvgIpc) is 2.31. The van der Waals surface area contributed by atoms with Crippen LogP contribution in [0.1, 0.15) is 46.0 Å². The molecule has 1 saturated carbocycles. The smallest absolute Gasteiger partial charge is 0.0273 e. The zero-order valence-electron chi connectivity index (χ0n) is 7.77. The van der Waals surface area contributed by atoms with Gasteiger partial charge in [0.15, 0.2) is 0 Å². The molecule has 1 heteroatoms. The molecule has 0 heterocycles. The van der Waals surface area contributed by atoms with Crippen molar-refractivity contribution < 1.29 is 0 Å². The van der Waals surface area contributed by atoms with Crippen molar-refractivity contribution in [1.29, 1.82) is 0 Å². The van der Waals surface area contributed by atoms with Gasteiger partial charge >= 0.3 is 0 Å².